The Kier molecular flexibility index (Phi) is 4.71. The van der Waals surface area contributed by atoms with Gasteiger partial charge in [-0.05, 0) is 36.8 Å². The van der Waals surface area contributed by atoms with Crippen LogP contribution in [0.3, 0.4) is 0 Å². The molecule has 6 heteroatoms. The molecule has 0 unspecified atom stereocenters. The fourth-order valence-electron chi connectivity index (χ4n) is 2.73. The zero-order chi connectivity index (χ0) is 17.1. The molecule has 2 aromatic rings. The van der Waals surface area contributed by atoms with Crippen LogP contribution in [-0.4, -0.2) is 25.5 Å². The summed E-state index contributed by atoms with van der Waals surface area (Å²) in [4.78, 5) is 26.1. The van der Waals surface area contributed by atoms with Gasteiger partial charge in [0.2, 0.25) is 5.91 Å². The molecule has 1 heterocycles. The Morgan fingerprint density at radius 3 is 2.71 bits per heavy atom. The lowest BCUT2D eigenvalue weighted by atomic mass is 10.2. The fraction of sp³-hybridized carbons (Fsp3) is 0.222. The molecule has 1 saturated heterocycles. The van der Waals surface area contributed by atoms with Gasteiger partial charge in [-0.3, -0.25) is 9.59 Å². The van der Waals surface area contributed by atoms with E-state index in [1.807, 2.05) is 0 Å². The molecule has 124 valence electrons. The SMILES string of the molecule is COc1ccc(NC(=O)c2ccccc2Cl)cc1N1CCCC1=O. The van der Waals surface area contributed by atoms with E-state index in [-0.39, 0.29) is 11.8 Å². The van der Waals surface area contributed by atoms with Gasteiger partial charge in [0.1, 0.15) is 5.75 Å². The molecule has 0 aliphatic carbocycles. The number of carbonyl (C=O) groups is 2. The molecule has 0 spiro atoms. The molecule has 1 aliphatic rings. The highest BCUT2D eigenvalue weighted by atomic mass is 35.5. The lowest BCUT2D eigenvalue weighted by Gasteiger charge is -2.20. The predicted molar refractivity (Wildman–Crippen MR) is 94.0 cm³/mol. The smallest absolute Gasteiger partial charge is 0.257 e. The van der Waals surface area contributed by atoms with Crippen LogP contribution in [0.5, 0.6) is 5.75 Å². The van der Waals surface area contributed by atoms with Crippen LogP contribution in [0.2, 0.25) is 5.02 Å². The maximum absolute atomic E-state index is 12.4. The van der Waals surface area contributed by atoms with E-state index in [1.54, 1.807) is 54.5 Å². The van der Waals surface area contributed by atoms with Crippen molar-refractivity contribution in [3.63, 3.8) is 0 Å². The summed E-state index contributed by atoms with van der Waals surface area (Å²) in [6, 6.07) is 12.1. The topological polar surface area (TPSA) is 58.6 Å². The maximum Gasteiger partial charge on any atom is 0.257 e. The number of benzene rings is 2. The Morgan fingerprint density at radius 1 is 1.25 bits per heavy atom. The number of nitrogens with zero attached hydrogens (tertiary/aromatic N) is 1. The van der Waals surface area contributed by atoms with Crippen LogP contribution in [-0.2, 0) is 4.79 Å². The van der Waals surface area contributed by atoms with Gasteiger partial charge in [0.15, 0.2) is 0 Å². The first kappa shape index (κ1) is 16.3. The van der Waals surface area contributed by atoms with Crippen molar-refractivity contribution in [1.29, 1.82) is 0 Å². The Bertz CT molecular complexity index is 792. The van der Waals surface area contributed by atoms with Crippen molar-refractivity contribution >= 4 is 34.8 Å². The highest BCUT2D eigenvalue weighted by Gasteiger charge is 2.25. The zero-order valence-corrected chi connectivity index (χ0v) is 14.0. The maximum atomic E-state index is 12.4. The average molecular weight is 345 g/mol. The molecule has 0 radical (unpaired) electrons. The second-order valence-corrected chi connectivity index (χ2v) is 5.88. The predicted octanol–water partition coefficient (Wildman–Crippen LogP) is 3.73. The van der Waals surface area contributed by atoms with Crippen molar-refractivity contribution in [2.75, 3.05) is 23.9 Å². The van der Waals surface area contributed by atoms with Gasteiger partial charge < -0.3 is 15.0 Å². The summed E-state index contributed by atoms with van der Waals surface area (Å²) in [5, 5.41) is 3.20. The summed E-state index contributed by atoms with van der Waals surface area (Å²) in [6.07, 6.45) is 1.34. The lowest BCUT2D eigenvalue weighted by molar-refractivity contribution is -0.117. The number of carbonyl (C=O) groups excluding carboxylic acids is 2. The molecular weight excluding hydrogens is 328 g/mol. The van der Waals surface area contributed by atoms with Crippen molar-refractivity contribution in [3.8, 4) is 5.75 Å². The Balaban J connectivity index is 1.88. The molecule has 1 fully saturated rings. The molecular formula is C18H17ClN2O3. The number of anilines is 2. The monoisotopic (exact) mass is 344 g/mol. The van der Waals surface area contributed by atoms with Crippen LogP contribution in [0.1, 0.15) is 23.2 Å². The second-order valence-electron chi connectivity index (χ2n) is 5.47. The molecule has 0 bridgehead atoms. The van der Waals surface area contributed by atoms with Gasteiger partial charge in [0.05, 0.1) is 23.4 Å². The van der Waals surface area contributed by atoms with E-state index in [9.17, 15) is 9.59 Å². The van der Waals surface area contributed by atoms with Crippen LogP contribution in [0.4, 0.5) is 11.4 Å². The van der Waals surface area contributed by atoms with Gasteiger partial charge in [-0.1, -0.05) is 23.7 Å². The van der Waals surface area contributed by atoms with E-state index < -0.39 is 0 Å². The van der Waals surface area contributed by atoms with E-state index in [0.717, 1.165) is 6.42 Å². The minimum atomic E-state index is -0.301. The van der Waals surface area contributed by atoms with Crippen LogP contribution in [0.15, 0.2) is 42.5 Å². The van der Waals surface area contributed by atoms with E-state index in [1.165, 1.54) is 0 Å². The number of ether oxygens (including phenoxy) is 1. The van der Waals surface area contributed by atoms with Gasteiger partial charge in [-0.15, -0.1) is 0 Å². The van der Waals surface area contributed by atoms with Crippen LogP contribution in [0, 0.1) is 0 Å². The molecule has 0 aromatic heterocycles. The Hall–Kier alpha value is -2.53. The number of hydrogen-bond acceptors (Lipinski definition) is 3. The summed E-state index contributed by atoms with van der Waals surface area (Å²) in [6.45, 7) is 0.650. The largest absolute Gasteiger partial charge is 0.495 e. The summed E-state index contributed by atoms with van der Waals surface area (Å²) in [7, 11) is 1.56. The van der Waals surface area contributed by atoms with E-state index >= 15 is 0 Å². The molecule has 2 amide bonds. The van der Waals surface area contributed by atoms with Crippen molar-refractivity contribution in [1.82, 2.24) is 0 Å². The number of amides is 2. The fourth-order valence-corrected chi connectivity index (χ4v) is 2.95. The van der Waals surface area contributed by atoms with Gasteiger partial charge in [-0.25, -0.2) is 0 Å². The molecule has 1 N–H and O–H groups in total. The molecule has 0 atom stereocenters. The summed E-state index contributed by atoms with van der Waals surface area (Å²) >= 11 is 6.05. The van der Waals surface area contributed by atoms with Crippen LogP contribution in [0.25, 0.3) is 0 Å². The number of nitrogens with one attached hydrogen (secondary N) is 1. The lowest BCUT2D eigenvalue weighted by Crippen LogP contribution is -2.24. The first-order valence-corrected chi connectivity index (χ1v) is 8.02. The van der Waals surface area contributed by atoms with E-state index in [4.69, 9.17) is 16.3 Å². The Labute approximate surface area is 145 Å². The van der Waals surface area contributed by atoms with Gasteiger partial charge in [0, 0.05) is 18.7 Å². The van der Waals surface area contributed by atoms with E-state index in [0.29, 0.717) is 40.7 Å². The zero-order valence-electron chi connectivity index (χ0n) is 13.2. The third-order valence-corrected chi connectivity index (χ3v) is 4.25. The van der Waals surface area contributed by atoms with Crippen LogP contribution < -0.4 is 15.0 Å². The standard InChI is InChI=1S/C18H17ClN2O3/c1-24-16-9-8-12(11-15(16)21-10-4-7-17(21)22)20-18(23)13-5-2-3-6-14(13)19/h2-3,5-6,8-9,11H,4,7,10H2,1H3,(H,20,23). The van der Waals surface area contributed by atoms with Gasteiger partial charge in [-0.2, -0.15) is 0 Å². The number of halogens is 1. The van der Waals surface area contributed by atoms with E-state index in [2.05, 4.69) is 5.32 Å². The molecule has 5 nitrogen and oxygen atoms in total. The third-order valence-electron chi connectivity index (χ3n) is 3.92. The average Bonchev–Trinajstić information content (AvgIpc) is 3.01. The first-order chi connectivity index (χ1) is 11.6. The summed E-state index contributed by atoms with van der Waals surface area (Å²) in [5.74, 6) is 0.355. The van der Waals surface area contributed by atoms with Crippen molar-refractivity contribution in [2.45, 2.75) is 12.8 Å². The molecule has 2 aromatic carbocycles. The molecule has 3 rings (SSSR count). The normalized spacial score (nSPS) is 13.9. The number of methoxy groups -OCH3 is 1. The first-order valence-electron chi connectivity index (χ1n) is 7.64. The minimum absolute atomic E-state index is 0.0582. The van der Waals surface area contributed by atoms with Gasteiger partial charge >= 0.3 is 0 Å². The van der Waals surface area contributed by atoms with Crippen molar-refractivity contribution in [2.24, 2.45) is 0 Å². The highest BCUT2D eigenvalue weighted by molar-refractivity contribution is 6.34. The summed E-state index contributed by atoms with van der Waals surface area (Å²) < 4.78 is 5.34. The minimum Gasteiger partial charge on any atom is -0.495 e. The highest BCUT2D eigenvalue weighted by Crippen LogP contribution is 2.34. The summed E-state index contributed by atoms with van der Waals surface area (Å²) in [5.41, 5.74) is 1.64. The number of rotatable bonds is 4. The van der Waals surface area contributed by atoms with Gasteiger partial charge in [0.25, 0.3) is 5.91 Å². The quantitative estimate of drug-likeness (QED) is 0.919. The van der Waals surface area contributed by atoms with Crippen molar-refractivity contribution in [3.05, 3.63) is 53.1 Å². The Morgan fingerprint density at radius 2 is 2.04 bits per heavy atom. The molecule has 1 aliphatic heterocycles. The third kappa shape index (κ3) is 3.21. The molecule has 0 saturated carbocycles. The second kappa shape index (κ2) is 6.93. The molecule has 24 heavy (non-hydrogen) atoms. The van der Waals surface area contributed by atoms with Crippen LogP contribution >= 0.6 is 11.6 Å². The van der Waals surface area contributed by atoms with Crippen molar-refractivity contribution < 1.29 is 14.3 Å². The number of hydrogen-bond donors (Lipinski definition) is 1.